The highest BCUT2D eigenvalue weighted by Gasteiger charge is 2.10. The van der Waals surface area contributed by atoms with Gasteiger partial charge in [-0.2, -0.15) is 0 Å². The molecule has 0 amide bonds. The van der Waals surface area contributed by atoms with Gasteiger partial charge < -0.3 is 10.1 Å². The number of unbranched alkanes of at least 4 members (excludes halogenated alkanes) is 2. The van der Waals surface area contributed by atoms with E-state index in [0.29, 0.717) is 6.04 Å². The van der Waals surface area contributed by atoms with Crippen LogP contribution in [0.5, 0.6) is 0 Å². The smallest absolute Gasteiger partial charge is 0.0615 e. The second-order valence-electron chi connectivity index (χ2n) is 4.35. The summed E-state index contributed by atoms with van der Waals surface area (Å²) in [7, 11) is 1.78. The van der Waals surface area contributed by atoms with Crippen LogP contribution >= 0.6 is 0 Å². The third kappa shape index (κ3) is 8.08. The maximum atomic E-state index is 5.19. The van der Waals surface area contributed by atoms with Crippen molar-refractivity contribution in [3.05, 3.63) is 0 Å². The Bertz CT molecular complexity index is 142. The van der Waals surface area contributed by atoms with Gasteiger partial charge in [0.15, 0.2) is 0 Å². The zero-order valence-electron chi connectivity index (χ0n) is 11.6. The third-order valence-electron chi connectivity index (χ3n) is 2.99. The van der Waals surface area contributed by atoms with Crippen molar-refractivity contribution in [3.63, 3.8) is 0 Å². The van der Waals surface area contributed by atoms with Crippen LogP contribution in [0.15, 0.2) is 0 Å². The first kappa shape index (κ1) is 15.9. The van der Waals surface area contributed by atoms with Crippen LogP contribution in [0.25, 0.3) is 0 Å². The highest BCUT2D eigenvalue weighted by atomic mass is 16.5. The van der Waals surface area contributed by atoms with Gasteiger partial charge in [-0.15, -0.1) is 0 Å². The average molecular weight is 230 g/mol. The van der Waals surface area contributed by atoms with Crippen LogP contribution in [0.3, 0.4) is 0 Å². The van der Waals surface area contributed by atoms with E-state index in [1.807, 2.05) is 0 Å². The van der Waals surface area contributed by atoms with Crippen molar-refractivity contribution in [2.45, 2.75) is 46.1 Å². The molecule has 1 unspecified atom stereocenters. The summed E-state index contributed by atoms with van der Waals surface area (Å²) in [6, 6.07) is 0.545. The number of methoxy groups -OCH3 is 1. The van der Waals surface area contributed by atoms with Crippen molar-refractivity contribution in [2.75, 3.05) is 39.9 Å². The van der Waals surface area contributed by atoms with E-state index in [2.05, 4.69) is 31.0 Å². The zero-order valence-corrected chi connectivity index (χ0v) is 11.6. The monoisotopic (exact) mass is 230 g/mol. The molecule has 0 saturated carbocycles. The molecule has 0 fully saturated rings. The lowest BCUT2D eigenvalue weighted by molar-refractivity contribution is 0.101. The van der Waals surface area contributed by atoms with Gasteiger partial charge in [-0.25, -0.2) is 0 Å². The van der Waals surface area contributed by atoms with E-state index in [1.165, 1.54) is 25.8 Å². The maximum absolute atomic E-state index is 5.19. The van der Waals surface area contributed by atoms with E-state index in [-0.39, 0.29) is 0 Å². The Morgan fingerprint density at radius 2 is 1.94 bits per heavy atom. The number of likely N-dealkylation sites (N-methyl/N-ethyl adjacent to an activating group) is 1. The molecule has 16 heavy (non-hydrogen) atoms. The first-order valence-electron chi connectivity index (χ1n) is 6.69. The second kappa shape index (κ2) is 11.4. The van der Waals surface area contributed by atoms with Crippen molar-refractivity contribution in [3.8, 4) is 0 Å². The topological polar surface area (TPSA) is 24.5 Å². The minimum absolute atomic E-state index is 0.545. The van der Waals surface area contributed by atoms with Crippen molar-refractivity contribution in [1.82, 2.24) is 10.2 Å². The molecule has 0 heterocycles. The fraction of sp³-hybridized carbons (Fsp3) is 1.00. The third-order valence-corrected chi connectivity index (χ3v) is 2.99. The van der Waals surface area contributed by atoms with Crippen LogP contribution in [0.4, 0.5) is 0 Å². The lowest BCUT2D eigenvalue weighted by Crippen LogP contribution is -2.36. The Morgan fingerprint density at radius 3 is 2.50 bits per heavy atom. The summed E-state index contributed by atoms with van der Waals surface area (Å²) in [4.78, 5) is 2.50. The number of hydrogen-bond donors (Lipinski definition) is 1. The Morgan fingerprint density at radius 1 is 1.19 bits per heavy atom. The summed E-state index contributed by atoms with van der Waals surface area (Å²) in [6.07, 6.45) is 3.92. The van der Waals surface area contributed by atoms with Crippen LogP contribution in [-0.4, -0.2) is 50.8 Å². The normalized spacial score (nSPS) is 13.3. The fourth-order valence-electron chi connectivity index (χ4n) is 1.96. The van der Waals surface area contributed by atoms with Crippen molar-refractivity contribution in [2.24, 2.45) is 0 Å². The van der Waals surface area contributed by atoms with E-state index < -0.39 is 0 Å². The number of nitrogens with zero attached hydrogens (tertiary/aromatic N) is 1. The van der Waals surface area contributed by atoms with Crippen LogP contribution in [0, 0.1) is 0 Å². The number of nitrogens with one attached hydrogen (secondary N) is 1. The fourth-order valence-corrected chi connectivity index (χ4v) is 1.96. The molecule has 1 N–H and O–H groups in total. The molecule has 0 aromatic rings. The molecule has 0 radical (unpaired) electrons. The maximum Gasteiger partial charge on any atom is 0.0615 e. The average Bonchev–Trinajstić information content (AvgIpc) is 2.28. The van der Waals surface area contributed by atoms with Gasteiger partial charge in [-0.3, -0.25) is 4.90 Å². The molecule has 0 aromatic heterocycles. The lowest BCUT2D eigenvalue weighted by atomic mass is 10.2. The van der Waals surface area contributed by atoms with E-state index in [0.717, 1.165) is 26.2 Å². The molecule has 1 atom stereocenters. The van der Waals surface area contributed by atoms with Gasteiger partial charge in [0.2, 0.25) is 0 Å². The predicted molar refractivity (Wildman–Crippen MR) is 71.0 cm³/mol. The van der Waals surface area contributed by atoms with Crippen molar-refractivity contribution in [1.29, 1.82) is 0 Å². The van der Waals surface area contributed by atoms with Gasteiger partial charge in [0.05, 0.1) is 6.61 Å². The molecule has 0 aliphatic heterocycles. The Labute approximate surface area is 102 Å². The molecule has 0 aromatic carbocycles. The second-order valence-corrected chi connectivity index (χ2v) is 4.35. The van der Waals surface area contributed by atoms with Crippen molar-refractivity contribution >= 4 is 0 Å². The van der Waals surface area contributed by atoms with E-state index in [1.54, 1.807) is 7.11 Å². The first-order chi connectivity index (χ1) is 7.76. The summed E-state index contributed by atoms with van der Waals surface area (Å²) in [5.74, 6) is 0. The highest BCUT2D eigenvalue weighted by molar-refractivity contribution is 4.65. The van der Waals surface area contributed by atoms with Gasteiger partial charge >= 0.3 is 0 Å². The summed E-state index contributed by atoms with van der Waals surface area (Å²) in [5, 5.41) is 3.36. The van der Waals surface area contributed by atoms with E-state index >= 15 is 0 Å². The van der Waals surface area contributed by atoms with E-state index in [9.17, 15) is 0 Å². The molecule has 0 aliphatic rings. The molecule has 0 saturated heterocycles. The predicted octanol–water partition coefficient (Wildman–Crippen LogP) is 2.12. The highest BCUT2D eigenvalue weighted by Crippen LogP contribution is 2.03. The molecular formula is C13H30N2O. The molecule has 98 valence electrons. The summed E-state index contributed by atoms with van der Waals surface area (Å²) in [6.45, 7) is 12.0. The molecular weight excluding hydrogens is 200 g/mol. The van der Waals surface area contributed by atoms with E-state index in [4.69, 9.17) is 4.74 Å². The first-order valence-corrected chi connectivity index (χ1v) is 6.69. The number of rotatable bonds is 11. The van der Waals surface area contributed by atoms with Crippen LogP contribution in [0.2, 0.25) is 0 Å². The quantitative estimate of drug-likeness (QED) is 0.550. The van der Waals surface area contributed by atoms with Gasteiger partial charge in [0.25, 0.3) is 0 Å². The standard InChI is InChI=1S/C13H30N2O/c1-5-14-10-8-7-9-11-15(6-2)13(3)12-16-4/h13-14H,5-12H2,1-4H3. The summed E-state index contributed by atoms with van der Waals surface area (Å²) >= 11 is 0. The van der Waals surface area contributed by atoms with Gasteiger partial charge in [0.1, 0.15) is 0 Å². The Hall–Kier alpha value is -0.120. The molecule has 0 aliphatic carbocycles. The molecule has 3 heteroatoms. The molecule has 3 nitrogen and oxygen atoms in total. The Balaban J connectivity index is 3.47. The van der Waals surface area contributed by atoms with Crippen LogP contribution in [-0.2, 0) is 4.74 Å². The minimum Gasteiger partial charge on any atom is -0.383 e. The largest absolute Gasteiger partial charge is 0.383 e. The number of ether oxygens (including phenoxy) is 1. The van der Waals surface area contributed by atoms with Gasteiger partial charge in [-0.1, -0.05) is 20.3 Å². The molecule has 0 spiro atoms. The number of hydrogen-bond acceptors (Lipinski definition) is 3. The van der Waals surface area contributed by atoms with Crippen LogP contribution in [0.1, 0.15) is 40.0 Å². The van der Waals surface area contributed by atoms with Gasteiger partial charge in [-0.05, 0) is 45.9 Å². The molecule has 0 bridgehead atoms. The lowest BCUT2D eigenvalue weighted by Gasteiger charge is -2.27. The van der Waals surface area contributed by atoms with Crippen molar-refractivity contribution < 1.29 is 4.74 Å². The minimum atomic E-state index is 0.545. The Kier molecular flexibility index (Phi) is 11.3. The summed E-state index contributed by atoms with van der Waals surface area (Å²) in [5.41, 5.74) is 0. The van der Waals surface area contributed by atoms with Crippen LogP contribution < -0.4 is 5.32 Å². The van der Waals surface area contributed by atoms with Gasteiger partial charge in [0, 0.05) is 13.2 Å². The zero-order chi connectivity index (χ0) is 12.2. The summed E-state index contributed by atoms with van der Waals surface area (Å²) < 4.78 is 5.19. The molecule has 0 rings (SSSR count). The SMILES string of the molecule is CCNCCCCCN(CC)C(C)COC.